The zero-order valence-corrected chi connectivity index (χ0v) is 30.0. The van der Waals surface area contributed by atoms with Gasteiger partial charge in [0.25, 0.3) is 0 Å². The number of allylic oxidation sites excluding steroid dienone is 4. The number of phenolic OH excluding ortho intramolecular Hbond substituents is 1. The molecule has 0 bridgehead atoms. The van der Waals surface area contributed by atoms with E-state index in [0.29, 0.717) is 80.7 Å². The van der Waals surface area contributed by atoms with Crippen LogP contribution >= 0.6 is 0 Å². The highest BCUT2D eigenvalue weighted by Crippen LogP contribution is 2.41. The largest absolute Gasteiger partial charge is 0.507 e. The van der Waals surface area contributed by atoms with E-state index in [0.717, 1.165) is 37.3 Å². The molecule has 1 aromatic heterocycles. The van der Waals surface area contributed by atoms with Gasteiger partial charge in [-0.05, 0) is 40.5 Å². The zero-order chi connectivity index (χ0) is 35.8. The Hall–Kier alpha value is -3.65. The van der Waals surface area contributed by atoms with Gasteiger partial charge >= 0.3 is 0 Å². The molecule has 2 aliphatic rings. The van der Waals surface area contributed by atoms with E-state index < -0.39 is 17.6 Å². The smallest absolute Gasteiger partial charge is 0.204 e. The first-order valence-corrected chi connectivity index (χ1v) is 17.4. The van der Waals surface area contributed by atoms with Gasteiger partial charge in [0.05, 0.1) is 38.9 Å². The number of aliphatic hydroxyl groups is 2. The lowest BCUT2D eigenvalue weighted by Crippen LogP contribution is -2.42. The molecule has 0 saturated carbocycles. The number of β-amino-alcohol motifs (C(OH)–C–C–N with tert-alkyl or cyclic N) is 2. The Morgan fingerprint density at radius 1 is 0.780 bits per heavy atom. The van der Waals surface area contributed by atoms with Crippen molar-refractivity contribution >= 4 is 21.9 Å². The fraction of sp³-hybridized carbons (Fsp3) is 0.553. The Balaban J connectivity index is 1.56. The minimum Gasteiger partial charge on any atom is -0.507 e. The summed E-state index contributed by atoms with van der Waals surface area (Å²) in [4.78, 5) is 18.7. The maximum absolute atomic E-state index is 14.4. The van der Waals surface area contributed by atoms with E-state index in [1.165, 1.54) is 7.11 Å². The van der Waals surface area contributed by atoms with Crippen LogP contribution in [0.4, 0.5) is 0 Å². The van der Waals surface area contributed by atoms with E-state index in [9.17, 15) is 20.1 Å². The van der Waals surface area contributed by atoms with Gasteiger partial charge in [0.1, 0.15) is 53.5 Å². The van der Waals surface area contributed by atoms with Crippen LogP contribution in [0.5, 0.6) is 23.0 Å². The van der Waals surface area contributed by atoms with E-state index in [2.05, 4.69) is 9.80 Å². The summed E-state index contributed by atoms with van der Waals surface area (Å²) < 4.78 is 35.4. The van der Waals surface area contributed by atoms with E-state index >= 15 is 0 Å². The summed E-state index contributed by atoms with van der Waals surface area (Å²) in [5.74, 6) is 0.774. The molecule has 0 radical (unpaired) electrons. The molecule has 12 heteroatoms. The van der Waals surface area contributed by atoms with Gasteiger partial charge in [0.2, 0.25) is 5.43 Å². The van der Waals surface area contributed by atoms with Crippen LogP contribution in [-0.2, 0) is 22.3 Å². The van der Waals surface area contributed by atoms with E-state index in [1.807, 2.05) is 39.8 Å². The van der Waals surface area contributed by atoms with Crippen LogP contribution in [0.15, 0.2) is 44.6 Å². The predicted molar refractivity (Wildman–Crippen MR) is 192 cm³/mol. The van der Waals surface area contributed by atoms with Gasteiger partial charge in [0, 0.05) is 62.5 Å². The van der Waals surface area contributed by atoms with Gasteiger partial charge < -0.3 is 43.4 Å². The van der Waals surface area contributed by atoms with Gasteiger partial charge in [-0.3, -0.25) is 14.6 Å². The third kappa shape index (κ3) is 9.36. The van der Waals surface area contributed by atoms with Crippen molar-refractivity contribution in [2.24, 2.45) is 0 Å². The Bertz CT molecular complexity index is 1730. The van der Waals surface area contributed by atoms with Crippen molar-refractivity contribution < 1.29 is 43.4 Å². The van der Waals surface area contributed by atoms with Crippen LogP contribution < -0.4 is 19.6 Å². The number of aromatic hydroxyl groups is 1. The topological polar surface area (TPSA) is 144 Å². The first kappa shape index (κ1) is 37.6. The number of phenols is 1. The number of fused-ring (bicyclic) bond motifs is 2. The molecule has 0 aliphatic carbocycles. The first-order valence-electron chi connectivity index (χ1n) is 17.4. The molecule has 2 unspecified atom stereocenters. The number of hydrogen-bond acceptors (Lipinski definition) is 12. The number of methoxy groups -OCH3 is 1. The average molecular weight is 697 g/mol. The molecule has 2 saturated heterocycles. The number of morpholine rings is 2. The third-order valence-corrected chi connectivity index (χ3v) is 8.95. The Kier molecular flexibility index (Phi) is 13.2. The van der Waals surface area contributed by atoms with Crippen molar-refractivity contribution in [3.63, 3.8) is 0 Å². The molecule has 3 aromatic rings. The number of benzene rings is 2. The summed E-state index contributed by atoms with van der Waals surface area (Å²) >= 11 is 0. The number of hydrogen-bond donors (Lipinski definition) is 3. The maximum Gasteiger partial charge on any atom is 0.204 e. The van der Waals surface area contributed by atoms with Crippen LogP contribution in [0, 0.1) is 0 Å². The Morgan fingerprint density at radius 2 is 1.26 bits per heavy atom. The molecule has 2 fully saturated rings. The highest BCUT2D eigenvalue weighted by Gasteiger charge is 2.26. The molecule has 2 aromatic carbocycles. The minimum atomic E-state index is -0.783. The summed E-state index contributed by atoms with van der Waals surface area (Å²) in [6, 6.07) is 3.21. The molecule has 2 atom stereocenters. The second kappa shape index (κ2) is 17.5. The molecular formula is C38H52N2O10. The summed E-state index contributed by atoms with van der Waals surface area (Å²) in [5.41, 5.74) is 3.02. The summed E-state index contributed by atoms with van der Waals surface area (Å²) in [6.07, 6.45) is 3.03. The van der Waals surface area contributed by atoms with Crippen LogP contribution in [0.25, 0.3) is 21.9 Å². The molecule has 3 N–H and O–H groups in total. The van der Waals surface area contributed by atoms with Crippen LogP contribution in [0.3, 0.4) is 0 Å². The van der Waals surface area contributed by atoms with Gasteiger partial charge in [-0.25, -0.2) is 0 Å². The minimum absolute atomic E-state index is 0.00159. The van der Waals surface area contributed by atoms with Crippen molar-refractivity contribution in [2.75, 3.05) is 86.0 Å². The molecule has 12 nitrogen and oxygen atoms in total. The second-order valence-corrected chi connectivity index (χ2v) is 13.5. The maximum atomic E-state index is 14.4. The quantitative estimate of drug-likeness (QED) is 0.157. The van der Waals surface area contributed by atoms with Gasteiger partial charge in [-0.2, -0.15) is 0 Å². The van der Waals surface area contributed by atoms with Gasteiger partial charge in [-0.1, -0.05) is 23.3 Å². The van der Waals surface area contributed by atoms with Gasteiger partial charge in [0.15, 0.2) is 11.5 Å². The molecule has 50 heavy (non-hydrogen) atoms. The Labute approximate surface area is 293 Å². The van der Waals surface area contributed by atoms with Crippen molar-refractivity contribution in [3.8, 4) is 23.0 Å². The van der Waals surface area contributed by atoms with Crippen molar-refractivity contribution in [1.29, 1.82) is 0 Å². The Morgan fingerprint density at radius 3 is 1.78 bits per heavy atom. The average Bonchev–Trinajstić information content (AvgIpc) is 3.08. The number of rotatable bonds is 15. The van der Waals surface area contributed by atoms with E-state index in [-0.39, 0.29) is 40.9 Å². The normalized spacial score (nSPS) is 17.0. The third-order valence-electron chi connectivity index (χ3n) is 8.95. The molecule has 3 heterocycles. The van der Waals surface area contributed by atoms with Crippen molar-refractivity contribution in [3.05, 3.63) is 56.8 Å². The molecular weight excluding hydrogens is 644 g/mol. The second-order valence-electron chi connectivity index (χ2n) is 13.5. The lowest BCUT2D eigenvalue weighted by molar-refractivity contribution is 0.00437. The monoisotopic (exact) mass is 696 g/mol. The molecule has 0 amide bonds. The molecule has 5 rings (SSSR count). The molecule has 274 valence electrons. The highest BCUT2D eigenvalue weighted by molar-refractivity contribution is 5.98. The fourth-order valence-electron chi connectivity index (χ4n) is 6.31. The van der Waals surface area contributed by atoms with Crippen LogP contribution in [0.1, 0.15) is 38.8 Å². The summed E-state index contributed by atoms with van der Waals surface area (Å²) in [7, 11) is 1.51. The fourth-order valence-corrected chi connectivity index (χ4v) is 6.31. The van der Waals surface area contributed by atoms with E-state index in [1.54, 1.807) is 12.1 Å². The number of nitrogens with zero attached hydrogens (tertiary/aromatic N) is 2. The lowest BCUT2D eigenvalue weighted by Gasteiger charge is -2.28. The van der Waals surface area contributed by atoms with Crippen LogP contribution in [0.2, 0.25) is 0 Å². The van der Waals surface area contributed by atoms with Crippen LogP contribution in [-0.4, -0.2) is 123 Å². The summed E-state index contributed by atoms with van der Waals surface area (Å²) in [6.45, 7) is 14.1. The number of ether oxygens (including phenoxy) is 5. The highest BCUT2D eigenvalue weighted by atomic mass is 16.5. The number of aliphatic hydroxyl groups excluding tert-OH is 2. The standard InChI is InChI=1S/C38H52N2O10/c1-24(2)6-8-28-30(48-22-26(41)20-39-10-14-46-15-11-39)18-32-35(36(28)43)37(44)34-29(9-7-25(3)4)38(45-5)33(19-31(34)50-32)49-23-27(42)21-40-12-16-47-17-13-40/h6-7,18-19,26-27,41-43H,8-17,20-23H2,1-5H3. The van der Waals surface area contributed by atoms with Gasteiger partial charge in [-0.15, -0.1) is 0 Å². The zero-order valence-electron chi connectivity index (χ0n) is 30.0. The van der Waals surface area contributed by atoms with E-state index in [4.69, 9.17) is 28.1 Å². The van der Waals surface area contributed by atoms with Crippen molar-refractivity contribution in [1.82, 2.24) is 9.80 Å². The lowest BCUT2D eigenvalue weighted by atomic mass is 9.98. The SMILES string of the molecule is COc1c(OCC(O)CN2CCOCC2)cc2oc3cc(OCC(O)CN4CCOCC4)c(CC=C(C)C)c(O)c3c(=O)c2c1CC=C(C)C. The predicted octanol–water partition coefficient (Wildman–Crippen LogP) is 3.82. The van der Waals surface area contributed by atoms with Crippen molar-refractivity contribution in [2.45, 2.75) is 52.7 Å². The molecule has 0 spiro atoms. The molecule has 2 aliphatic heterocycles. The first-order chi connectivity index (χ1) is 24.0. The summed E-state index contributed by atoms with van der Waals surface area (Å²) in [5, 5.41) is 33.6.